The SMILES string of the molecule is O=C(CN1N=C(c2nc(-c3ccncc3)no2)CCC1=O)Nc1ccc(F)cc1. The summed E-state index contributed by atoms with van der Waals surface area (Å²) >= 11 is 0. The molecule has 146 valence electrons. The molecule has 0 aliphatic carbocycles. The molecule has 0 saturated carbocycles. The van der Waals surface area contributed by atoms with Crippen LogP contribution in [0.5, 0.6) is 0 Å². The van der Waals surface area contributed by atoms with Crippen molar-refractivity contribution in [2.75, 3.05) is 11.9 Å². The van der Waals surface area contributed by atoms with Gasteiger partial charge in [-0.3, -0.25) is 14.6 Å². The minimum absolute atomic E-state index is 0.162. The van der Waals surface area contributed by atoms with E-state index >= 15 is 0 Å². The van der Waals surface area contributed by atoms with E-state index in [1.165, 1.54) is 24.3 Å². The normalized spacial score (nSPS) is 13.9. The number of carbonyl (C=O) groups is 2. The Morgan fingerprint density at radius 1 is 1.14 bits per heavy atom. The summed E-state index contributed by atoms with van der Waals surface area (Å²) in [5.41, 5.74) is 1.58. The predicted octanol–water partition coefficient (Wildman–Crippen LogP) is 2.24. The van der Waals surface area contributed by atoms with Crippen molar-refractivity contribution in [2.24, 2.45) is 5.10 Å². The first-order valence-corrected chi connectivity index (χ1v) is 8.76. The average molecular weight is 394 g/mol. The molecule has 1 N–H and O–H groups in total. The van der Waals surface area contributed by atoms with Gasteiger partial charge in [-0.25, -0.2) is 9.40 Å². The first-order chi connectivity index (χ1) is 14.1. The highest BCUT2D eigenvalue weighted by molar-refractivity contribution is 6.02. The number of hydrazone groups is 1. The third kappa shape index (κ3) is 4.32. The van der Waals surface area contributed by atoms with Crippen molar-refractivity contribution in [3.8, 4) is 11.4 Å². The van der Waals surface area contributed by atoms with Gasteiger partial charge in [0.15, 0.2) is 0 Å². The Balaban J connectivity index is 1.47. The highest BCUT2D eigenvalue weighted by atomic mass is 19.1. The smallest absolute Gasteiger partial charge is 0.274 e. The molecule has 1 aliphatic heterocycles. The highest BCUT2D eigenvalue weighted by Crippen LogP contribution is 2.18. The van der Waals surface area contributed by atoms with Gasteiger partial charge >= 0.3 is 0 Å². The van der Waals surface area contributed by atoms with E-state index in [-0.39, 0.29) is 24.8 Å². The summed E-state index contributed by atoms with van der Waals surface area (Å²) in [5.74, 6) is -0.597. The minimum Gasteiger partial charge on any atom is -0.332 e. The quantitative estimate of drug-likeness (QED) is 0.710. The Bertz CT molecular complexity index is 1070. The second kappa shape index (κ2) is 7.97. The number of benzene rings is 1. The third-order valence-corrected chi connectivity index (χ3v) is 4.14. The molecule has 2 aromatic heterocycles. The van der Waals surface area contributed by atoms with E-state index in [4.69, 9.17) is 4.52 Å². The van der Waals surface area contributed by atoms with Crippen molar-refractivity contribution >= 4 is 23.2 Å². The van der Waals surface area contributed by atoms with Crippen LogP contribution in [0.15, 0.2) is 58.4 Å². The molecule has 1 aromatic carbocycles. The first kappa shape index (κ1) is 18.4. The van der Waals surface area contributed by atoms with Crippen molar-refractivity contribution in [1.82, 2.24) is 20.1 Å². The van der Waals surface area contributed by atoms with Gasteiger partial charge in [-0.2, -0.15) is 10.1 Å². The lowest BCUT2D eigenvalue weighted by molar-refractivity contribution is -0.135. The molecule has 9 nitrogen and oxygen atoms in total. The molecular formula is C19H15FN6O3. The lowest BCUT2D eigenvalue weighted by Crippen LogP contribution is -2.38. The van der Waals surface area contributed by atoms with E-state index in [1.807, 2.05) is 0 Å². The fourth-order valence-corrected chi connectivity index (χ4v) is 2.71. The average Bonchev–Trinajstić information content (AvgIpc) is 3.22. The number of nitrogens with zero attached hydrogens (tertiary/aromatic N) is 5. The fraction of sp³-hybridized carbons (Fsp3) is 0.158. The van der Waals surface area contributed by atoms with Gasteiger partial charge in [0.25, 0.3) is 5.89 Å². The maximum absolute atomic E-state index is 13.0. The van der Waals surface area contributed by atoms with Crippen LogP contribution in [0.1, 0.15) is 18.7 Å². The van der Waals surface area contributed by atoms with E-state index in [9.17, 15) is 14.0 Å². The second-order valence-corrected chi connectivity index (χ2v) is 6.21. The van der Waals surface area contributed by atoms with E-state index < -0.39 is 11.7 Å². The number of hydrogen-bond acceptors (Lipinski definition) is 7. The van der Waals surface area contributed by atoms with Crippen LogP contribution in [0.3, 0.4) is 0 Å². The Kier molecular flexibility index (Phi) is 5.06. The summed E-state index contributed by atoms with van der Waals surface area (Å²) in [4.78, 5) is 32.6. The Labute approximate surface area is 164 Å². The molecule has 1 aliphatic rings. The van der Waals surface area contributed by atoms with Crippen molar-refractivity contribution in [1.29, 1.82) is 0 Å². The number of amides is 2. The summed E-state index contributed by atoms with van der Waals surface area (Å²) in [6, 6.07) is 8.81. The topological polar surface area (TPSA) is 114 Å². The number of anilines is 1. The zero-order valence-electron chi connectivity index (χ0n) is 15.1. The number of carbonyl (C=O) groups excluding carboxylic acids is 2. The fourth-order valence-electron chi connectivity index (χ4n) is 2.71. The molecule has 10 heteroatoms. The first-order valence-electron chi connectivity index (χ1n) is 8.76. The van der Waals surface area contributed by atoms with Crippen molar-refractivity contribution in [2.45, 2.75) is 12.8 Å². The molecule has 0 fully saturated rings. The van der Waals surface area contributed by atoms with Gasteiger partial charge in [0.1, 0.15) is 18.1 Å². The number of nitrogens with one attached hydrogen (secondary N) is 1. The summed E-state index contributed by atoms with van der Waals surface area (Å²) in [6.07, 6.45) is 3.72. The number of aromatic nitrogens is 3. The van der Waals surface area contributed by atoms with Gasteiger partial charge < -0.3 is 9.84 Å². The second-order valence-electron chi connectivity index (χ2n) is 6.21. The van der Waals surface area contributed by atoms with E-state index in [0.29, 0.717) is 23.6 Å². The Morgan fingerprint density at radius 2 is 1.90 bits per heavy atom. The monoisotopic (exact) mass is 394 g/mol. The molecule has 0 radical (unpaired) electrons. The molecule has 29 heavy (non-hydrogen) atoms. The molecule has 0 atom stereocenters. The van der Waals surface area contributed by atoms with Gasteiger partial charge in [0, 0.05) is 36.5 Å². The molecule has 0 spiro atoms. The summed E-state index contributed by atoms with van der Waals surface area (Å²) in [6.45, 7) is -0.287. The van der Waals surface area contributed by atoms with E-state index in [2.05, 4.69) is 25.5 Å². The molecule has 0 unspecified atom stereocenters. The zero-order valence-corrected chi connectivity index (χ0v) is 15.1. The van der Waals surface area contributed by atoms with E-state index in [0.717, 1.165) is 10.6 Å². The van der Waals surface area contributed by atoms with Gasteiger partial charge in [0.2, 0.25) is 17.6 Å². The third-order valence-electron chi connectivity index (χ3n) is 4.14. The molecule has 4 rings (SSSR count). The van der Waals surface area contributed by atoms with Crippen molar-refractivity contribution in [3.63, 3.8) is 0 Å². The van der Waals surface area contributed by atoms with Gasteiger partial charge in [-0.1, -0.05) is 5.16 Å². The van der Waals surface area contributed by atoms with Crippen LogP contribution in [-0.4, -0.2) is 44.2 Å². The zero-order chi connectivity index (χ0) is 20.2. The van der Waals surface area contributed by atoms with Gasteiger partial charge in [-0.05, 0) is 36.4 Å². The predicted molar refractivity (Wildman–Crippen MR) is 100 cm³/mol. The lowest BCUT2D eigenvalue weighted by atomic mass is 10.1. The minimum atomic E-state index is -0.460. The molecule has 2 amide bonds. The summed E-state index contributed by atoms with van der Waals surface area (Å²) < 4.78 is 18.2. The van der Waals surface area contributed by atoms with Crippen LogP contribution in [0.4, 0.5) is 10.1 Å². The maximum Gasteiger partial charge on any atom is 0.274 e. The molecular weight excluding hydrogens is 379 g/mol. The standard InChI is InChI=1S/C19H15FN6O3/c20-13-1-3-14(4-2-13)22-16(27)11-26-17(28)6-5-15(24-26)19-23-18(25-29-19)12-7-9-21-10-8-12/h1-4,7-10H,5-6,11H2,(H,22,27). The number of rotatable bonds is 5. The van der Waals surface area contributed by atoms with Crippen molar-refractivity contribution < 1.29 is 18.5 Å². The van der Waals surface area contributed by atoms with Crippen LogP contribution in [0, 0.1) is 5.82 Å². The lowest BCUT2D eigenvalue weighted by Gasteiger charge is -2.21. The summed E-state index contributed by atoms with van der Waals surface area (Å²) in [5, 5.41) is 11.8. The van der Waals surface area contributed by atoms with Gasteiger partial charge in [0.05, 0.1) is 0 Å². The number of hydrogen-bond donors (Lipinski definition) is 1. The van der Waals surface area contributed by atoms with Crippen LogP contribution in [0.25, 0.3) is 11.4 Å². The summed E-state index contributed by atoms with van der Waals surface area (Å²) in [7, 11) is 0. The molecule has 0 bridgehead atoms. The molecule has 0 saturated heterocycles. The molecule has 3 aromatic rings. The van der Waals surface area contributed by atoms with Crippen LogP contribution < -0.4 is 5.32 Å². The number of halogens is 1. The van der Waals surface area contributed by atoms with Crippen LogP contribution in [0.2, 0.25) is 0 Å². The molecule has 3 heterocycles. The maximum atomic E-state index is 13.0. The highest BCUT2D eigenvalue weighted by Gasteiger charge is 2.26. The van der Waals surface area contributed by atoms with Crippen molar-refractivity contribution in [3.05, 3.63) is 60.5 Å². The Morgan fingerprint density at radius 3 is 2.66 bits per heavy atom. The van der Waals surface area contributed by atoms with E-state index in [1.54, 1.807) is 24.5 Å². The van der Waals surface area contributed by atoms with Crippen LogP contribution in [-0.2, 0) is 9.59 Å². The Hall–Kier alpha value is -3.95. The van der Waals surface area contributed by atoms with Crippen LogP contribution >= 0.6 is 0 Å². The van der Waals surface area contributed by atoms with Gasteiger partial charge in [-0.15, -0.1) is 0 Å². The largest absolute Gasteiger partial charge is 0.332 e. The number of pyridine rings is 1.